The normalized spacial score (nSPS) is 22.2. The average molecular weight is 386 g/mol. The van der Waals surface area contributed by atoms with E-state index in [1.54, 1.807) is 34.7 Å². The molecule has 0 spiro atoms. The van der Waals surface area contributed by atoms with Crippen LogP contribution in [0.5, 0.6) is 0 Å². The number of thiophene rings is 1. The van der Waals surface area contributed by atoms with E-state index in [4.69, 9.17) is 5.11 Å². The standard InChI is InChI=1S/C17H10N2O3S3/c20-15-11(16-19(15)12(7-24-16)17(21)22)5-9-4-8-6-23-14-10(13(8)25-9)2-1-3-18-14/h1-5,7,16H,6H2,(H,21,22)/b11-5-/t16-/m1/s1. The molecule has 25 heavy (non-hydrogen) atoms. The highest BCUT2D eigenvalue weighted by molar-refractivity contribution is 8.03. The quantitative estimate of drug-likeness (QED) is 0.628. The van der Waals surface area contributed by atoms with Gasteiger partial charge in [0.15, 0.2) is 0 Å². The Morgan fingerprint density at radius 1 is 1.44 bits per heavy atom. The molecule has 124 valence electrons. The number of pyridine rings is 1. The van der Waals surface area contributed by atoms with Gasteiger partial charge in [0.05, 0.1) is 5.57 Å². The fraction of sp³-hybridized carbons (Fsp3) is 0.118. The van der Waals surface area contributed by atoms with Gasteiger partial charge in [-0.05, 0) is 29.8 Å². The smallest absolute Gasteiger partial charge is 0.353 e. The second-order valence-corrected chi connectivity index (χ2v) is 8.72. The van der Waals surface area contributed by atoms with Crippen LogP contribution in [0, 0.1) is 0 Å². The molecular formula is C17H10N2O3S3. The average Bonchev–Trinajstić information content (AvgIpc) is 3.21. The Hall–Kier alpha value is -2.03. The van der Waals surface area contributed by atoms with Gasteiger partial charge in [-0.25, -0.2) is 9.78 Å². The van der Waals surface area contributed by atoms with Gasteiger partial charge in [0.2, 0.25) is 0 Å². The third-order valence-corrected chi connectivity index (χ3v) is 7.55. The van der Waals surface area contributed by atoms with Gasteiger partial charge in [-0.15, -0.1) is 34.9 Å². The van der Waals surface area contributed by atoms with Crippen molar-refractivity contribution in [2.24, 2.45) is 0 Å². The second-order valence-electron chi connectivity index (χ2n) is 5.72. The van der Waals surface area contributed by atoms with Crippen molar-refractivity contribution in [3.05, 3.63) is 51.5 Å². The Morgan fingerprint density at radius 2 is 2.32 bits per heavy atom. The highest BCUT2D eigenvalue weighted by Crippen LogP contribution is 2.48. The lowest BCUT2D eigenvalue weighted by Crippen LogP contribution is -2.51. The summed E-state index contributed by atoms with van der Waals surface area (Å²) in [6.45, 7) is 0. The van der Waals surface area contributed by atoms with Crippen LogP contribution in [0.2, 0.25) is 0 Å². The number of carbonyl (C=O) groups excluding carboxylic acids is 1. The Kier molecular flexibility index (Phi) is 3.34. The van der Waals surface area contributed by atoms with Crippen molar-refractivity contribution < 1.29 is 14.7 Å². The maximum atomic E-state index is 12.3. The highest BCUT2D eigenvalue weighted by Gasteiger charge is 2.49. The Labute approximate surface area is 155 Å². The lowest BCUT2D eigenvalue weighted by molar-refractivity contribution is -0.141. The molecule has 8 heteroatoms. The highest BCUT2D eigenvalue weighted by atomic mass is 32.2. The zero-order valence-corrected chi connectivity index (χ0v) is 15.1. The third kappa shape index (κ3) is 2.21. The van der Waals surface area contributed by atoms with Crippen LogP contribution in [0.3, 0.4) is 0 Å². The summed E-state index contributed by atoms with van der Waals surface area (Å²) in [5.74, 6) is -0.399. The van der Waals surface area contributed by atoms with Crippen molar-refractivity contribution >= 4 is 52.8 Å². The molecule has 1 fully saturated rings. The summed E-state index contributed by atoms with van der Waals surface area (Å²) < 4.78 is 0. The summed E-state index contributed by atoms with van der Waals surface area (Å²) in [6, 6.07) is 6.14. The molecule has 1 amide bonds. The van der Waals surface area contributed by atoms with Crippen LogP contribution in [0.25, 0.3) is 16.5 Å². The molecule has 3 aliphatic heterocycles. The first kappa shape index (κ1) is 15.2. The molecule has 0 unspecified atom stereocenters. The third-order valence-electron chi connectivity index (χ3n) is 4.26. The Bertz CT molecular complexity index is 1010. The van der Waals surface area contributed by atoms with Gasteiger partial charge in [0.25, 0.3) is 5.91 Å². The molecule has 0 saturated carbocycles. The number of nitrogens with zero attached hydrogens (tertiary/aromatic N) is 2. The maximum absolute atomic E-state index is 12.3. The van der Waals surface area contributed by atoms with Crippen LogP contribution in [-0.4, -0.2) is 32.2 Å². The largest absolute Gasteiger partial charge is 0.477 e. The van der Waals surface area contributed by atoms with Crippen LogP contribution in [0.15, 0.2) is 46.1 Å². The van der Waals surface area contributed by atoms with Crippen LogP contribution in [0.1, 0.15) is 10.4 Å². The predicted molar refractivity (Wildman–Crippen MR) is 99.0 cm³/mol. The van der Waals surface area contributed by atoms with Gasteiger partial charge in [0.1, 0.15) is 16.1 Å². The Morgan fingerprint density at radius 3 is 3.16 bits per heavy atom. The van der Waals surface area contributed by atoms with Crippen molar-refractivity contribution in [1.29, 1.82) is 0 Å². The van der Waals surface area contributed by atoms with Crippen molar-refractivity contribution in [2.75, 3.05) is 0 Å². The van der Waals surface area contributed by atoms with E-state index in [2.05, 4.69) is 17.1 Å². The lowest BCUT2D eigenvalue weighted by atomic mass is 10.0. The molecule has 1 atom stereocenters. The second kappa shape index (κ2) is 5.48. The number of amides is 1. The minimum Gasteiger partial charge on any atom is -0.477 e. The molecule has 3 aliphatic rings. The molecule has 0 aromatic carbocycles. The van der Waals surface area contributed by atoms with Crippen molar-refractivity contribution in [1.82, 2.24) is 9.88 Å². The molecule has 0 bridgehead atoms. The fourth-order valence-electron chi connectivity index (χ4n) is 3.10. The number of carboxylic acids is 1. The van der Waals surface area contributed by atoms with Crippen LogP contribution in [0.4, 0.5) is 0 Å². The number of hydrogen-bond donors (Lipinski definition) is 1. The van der Waals surface area contributed by atoms with E-state index in [0.29, 0.717) is 5.57 Å². The first-order valence-electron chi connectivity index (χ1n) is 7.48. The minimum absolute atomic E-state index is 0.0685. The molecule has 5 heterocycles. The van der Waals surface area contributed by atoms with Gasteiger partial charge >= 0.3 is 5.97 Å². The van der Waals surface area contributed by atoms with Gasteiger partial charge in [-0.2, -0.15) is 0 Å². The Balaban J connectivity index is 1.48. The fourth-order valence-corrected chi connectivity index (χ4v) is 6.52. The number of aliphatic carboxylic acids is 1. The van der Waals surface area contributed by atoms with E-state index < -0.39 is 5.97 Å². The lowest BCUT2D eigenvalue weighted by Gasteiger charge is -2.37. The van der Waals surface area contributed by atoms with Gasteiger partial charge in [-0.3, -0.25) is 9.69 Å². The van der Waals surface area contributed by atoms with Crippen LogP contribution >= 0.6 is 34.9 Å². The van der Waals surface area contributed by atoms with Crippen LogP contribution < -0.4 is 0 Å². The van der Waals surface area contributed by atoms with E-state index in [1.807, 2.05) is 12.1 Å². The SMILES string of the molecule is O=C(O)C1=CS[C@@H]2/C(=C\c3cc4c(s3)-c3cccnc3SC4)C(=O)N12. The zero-order chi connectivity index (χ0) is 17.1. The summed E-state index contributed by atoms with van der Waals surface area (Å²) in [4.78, 5) is 31.5. The molecule has 0 radical (unpaired) electrons. The summed E-state index contributed by atoms with van der Waals surface area (Å²) in [5.41, 5.74) is 3.14. The number of thioether (sulfide) groups is 2. The van der Waals surface area contributed by atoms with Gasteiger partial charge in [0, 0.05) is 32.7 Å². The first-order valence-corrected chi connectivity index (χ1v) is 10.2. The summed E-state index contributed by atoms with van der Waals surface area (Å²) in [6.07, 6.45) is 3.71. The first-order chi connectivity index (χ1) is 12.1. The van der Waals surface area contributed by atoms with E-state index in [-0.39, 0.29) is 17.0 Å². The molecular weight excluding hydrogens is 376 g/mol. The zero-order valence-electron chi connectivity index (χ0n) is 12.6. The maximum Gasteiger partial charge on any atom is 0.353 e. The molecule has 5 nitrogen and oxygen atoms in total. The number of carboxylic acid groups (broad SMARTS) is 1. The molecule has 5 rings (SSSR count). The van der Waals surface area contributed by atoms with Gasteiger partial charge < -0.3 is 5.11 Å². The predicted octanol–water partition coefficient (Wildman–Crippen LogP) is 3.64. The van der Waals surface area contributed by atoms with Crippen molar-refractivity contribution in [3.8, 4) is 10.4 Å². The van der Waals surface area contributed by atoms with E-state index >= 15 is 0 Å². The molecule has 1 N–H and O–H groups in total. The van der Waals surface area contributed by atoms with Gasteiger partial charge in [-0.1, -0.05) is 0 Å². The number of fused-ring (bicyclic) bond motifs is 4. The number of β-lactam (4-membered cyclic amide) rings is 1. The number of rotatable bonds is 2. The van der Waals surface area contributed by atoms with E-state index in [9.17, 15) is 9.59 Å². The van der Waals surface area contributed by atoms with Crippen molar-refractivity contribution in [3.63, 3.8) is 0 Å². The monoisotopic (exact) mass is 386 g/mol. The molecule has 2 aromatic heterocycles. The van der Waals surface area contributed by atoms with E-state index in [1.165, 1.54) is 27.1 Å². The molecule has 0 aliphatic carbocycles. The van der Waals surface area contributed by atoms with Crippen molar-refractivity contribution in [2.45, 2.75) is 16.2 Å². The number of aromatic nitrogens is 1. The summed E-state index contributed by atoms with van der Waals surface area (Å²) in [7, 11) is 0. The van der Waals surface area contributed by atoms with Crippen LogP contribution in [-0.2, 0) is 15.3 Å². The minimum atomic E-state index is -1.06. The summed E-state index contributed by atoms with van der Waals surface area (Å²) in [5, 5.41) is 11.5. The molecule has 1 saturated heterocycles. The topological polar surface area (TPSA) is 70.5 Å². The summed E-state index contributed by atoms with van der Waals surface area (Å²) >= 11 is 4.75. The molecule has 2 aromatic rings. The number of carbonyl (C=O) groups is 2. The van der Waals surface area contributed by atoms with E-state index in [0.717, 1.165) is 21.2 Å². The number of hydrogen-bond acceptors (Lipinski definition) is 6.